The number of rotatable bonds is 7. The normalized spacial score (nSPS) is 13.9. The van der Waals surface area contributed by atoms with Crippen molar-refractivity contribution >= 4 is 62.5 Å². The highest BCUT2D eigenvalue weighted by molar-refractivity contribution is 7.09. The van der Waals surface area contributed by atoms with E-state index in [1.165, 1.54) is 6.20 Å². The van der Waals surface area contributed by atoms with Crippen molar-refractivity contribution in [3.8, 4) is 6.07 Å². The van der Waals surface area contributed by atoms with E-state index in [9.17, 15) is 5.26 Å². The topological polar surface area (TPSA) is 101 Å². The van der Waals surface area contributed by atoms with Crippen molar-refractivity contribution in [2.45, 2.75) is 32.9 Å². The van der Waals surface area contributed by atoms with Crippen LogP contribution in [0.25, 0.3) is 10.9 Å². The molecule has 188 valence electrons. The molecule has 37 heavy (non-hydrogen) atoms. The lowest BCUT2D eigenvalue weighted by Crippen LogP contribution is -2.41. The van der Waals surface area contributed by atoms with Crippen molar-refractivity contribution in [2.75, 3.05) is 10.6 Å². The molecule has 0 unspecified atom stereocenters. The van der Waals surface area contributed by atoms with Gasteiger partial charge < -0.3 is 16.1 Å². The van der Waals surface area contributed by atoms with Crippen LogP contribution in [-0.2, 0) is 0 Å². The maximum Gasteiger partial charge on any atom is 0.105 e. The van der Waals surface area contributed by atoms with Crippen molar-refractivity contribution in [1.82, 2.24) is 25.9 Å². The summed E-state index contributed by atoms with van der Waals surface area (Å²) in [6.45, 7) is 6.14. The Morgan fingerprint density at radius 2 is 1.92 bits per heavy atom. The van der Waals surface area contributed by atoms with Gasteiger partial charge in [-0.05, 0) is 50.6 Å². The number of pyridine rings is 1. The number of hydrazine groups is 2. The third-order valence-corrected chi connectivity index (χ3v) is 7.54. The summed E-state index contributed by atoms with van der Waals surface area (Å²) in [5.74, 6) is 0. The molecule has 0 saturated carbocycles. The summed E-state index contributed by atoms with van der Waals surface area (Å²) in [6.07, 6.45) is 5.40. The number of halogens is 2. The van der Waals surface area contributed by atoms with E-state index >= 15 is 0 Å². The number of anilines is 3. The lowest BCUT2D eigenvalue weighted by Gasteiger charge is -2.21. The van der Waals surface area contributed by atoms with Gasteiger partial charge in [0.1, 0.15) is 12.1 Å². The minimum Gasteiger partial charge on any atom is -0.372 e. The van der Waals surface area contributed by atoms with Crippen LogP contribution in [0.3, 0.4) is 0 Å². The molecule has 3 heterocycles. The van der Waals surface area contributed by atoms with Crippen molar-refractivity contribution in [3.63, 3.8) is 0 Å². The average molecular weight is 552 g/mol. The molecule has 0 radical (unpaired) electrons. The monoisotopic (exact) mass is 550 g/mol. The maximum absolute atomic E-state index is 9.84. The fourth-order valence-corrected chi connectivity index (χ4v) is 5.12. The minimum absolute atomic E-state index is 0.211. The van der Waals surface area contributed by atoms with Crippen molar-refractivity contribution in [3.05, 3.63) is 86.2 Å². The highest BCUT2D eigenvalue weighted by atomic mass is 35.5. The summed E-state index contributed by atoms with van der Waals surface area (Å²) in [5, 5.41) is 20.6. The number of nitrogens with zero attached hydrogens (tertiary/aromatic N) is 4. The van der Waals surface area contributed by atoms with E-state index in [-0.39, 0.29) is 12.1 Å². The van der Waals surface area contributed by atoms with Gasteiger partial charge >= 0.3 is 0 Å². The van der Waals surface area contributed by atoms with Crippen LogP contribution >= 0.6 is 34.5 Å². The summed E-state index contributed by atoms with van der Waals surface area (Å²) in [6, 6.07) is 11.8. The number of nitriles is 1. The molecule has 1 aliphatic rings. The maximum atomic E-state index is 9.84. The number of aromatic nitrogens is 2. The first-order chi connectivity index (χ1) is 17.8. The van der Waals surface area contributed by atoms with Crippen LogP contribution in [0, 0.1) is 18.3 Å². The second-order valence-electron chi connectivity index (χ2n) is 8.91. The van der Waals surface area contributed by atoms with Crippen molar-refractivity contribution < 1.29 is 0 Å². The summed E-state index contributed by atoms with van der Waals surface area (Å²) < 4.78 is 0. The van der Waals surface area contributed by atoms with Crippen LogP contribution in [0.15, 0.2) is 60.1 Å². The van der Waals surface area contributed by atoms with Gasteiger partial charge in [0.15, 0.2) is 0 Å². The van der Waals surface area contributed by atoms with E-state index in [0.29, 0.717) is 32.2 Å². The molecular formula is C26H24Cl2N8S. The molecule has 11 heteroatoms. The number of aryl methyl sites for hydroxylation is 1. The van der Waals surface area contributed by atoms with Gasteiger partial charge in [-0.2, -0.15) is 5.26 Å². The number of thiazole rings is 1. The molecule has 0 fully saturated rings. The molecule has 8 nitrogen and oxygen atoms in total. The van der Waals surface area contributed by atoms with Crippen LogP contribution in [-0.4, -0.2) is 21.0 Å². The molecule has 0 saturated heterocycles. The fourth-order valence-electron chi connectivity index (χ4n) is 3.98. The van der Waals surface area contributed by atoms with E-state index in [4.69, 9.17) is 23.2 Å². The Morgan fingerprint density at radius 3 is 2.59 bits per heavy atom. The van der Waals surface area contributed by atoms with Gasteiger partial charge in [-0.15, -0.1) is 16.9 Å². The first-order valence-electron chi connectivity index (χ1n) is 11.6. The van der Waals surface area contributed by atoms with Crippen LogP contribution in [0.4, 0.5) is 17.1 Å². The summed E-state index contributed by atoms with van der Waals surface area (Å²) in [4.78, 5) is 9.76. The third kappa shape index (κ3) is 5.15. The van der Waals surface area contributed by atoms with Crippen molar-refractivity contribution in [1.29, 1.82) is 5.26 Å². The zero-order chi connectivity index (χ0) is 26.1. The average Bonchev–Trinajstić information content (AvgIpc) is 3.58. The van der Waals surface area contributed by atoms with Crippen LogP contribution < -0.4 is 21.6 Å². The van der Waals surface area contributed by atoms with Gasteiger partial charge in [0, 0.05) is 46.4 Å². The minimum atomic E-state index is -0.211. The zero-order valence-electron chi connectivity index (χ0n) is 20.3. The highest BCUT2D eigenvalue weighted by Crippen LogP contribution is 2.37. The molecule has 1 atom stereocenters. The first kappa shape index (κ1) is 25.1. The standard InChI is InChI=1S/C26H24Cl2N8S/c1-14(2)36-12-22(34-35-36)26(23-11-30-13-37-23)33-18-6-19-24(32-17-5-4-15(3)20(27)7-17)16(9-29)10-31-25(19)21(28)8-18/h4-8,10-14,26,33-35H,1-3H3,(H,31,32)/t26-/m1/s1. The van der Waals surface area contributed by atoms with E-state index in [0.717, 1.165) is 27.5 Å². The summed E-state index contributed by atoms with van der Waals surface area (Å²) in [7, 11) is 0. The van der Waals surface area contributed by atoms with E-state index in [2.05, 4.69) is 51.5 Å². The van der Waals surface area contributed by atoms with Gasteiger partial charge in [-0.3, -0.25) is 15.0 Å². The Labute approximate surface area is 228 Å². The van der Waals surface area contributed by atoms with Gasteiger partial charge in [-0.1, -0.05) is 29.3 Å². The van der Waals surface area contributed by atoms with Gasteiger partial charge in [0.25, 0.3) is 0 Å². The molecule has 2 aromatic heterocycles. The molecule has 0 spiro atoms. The summed E-state index contributed by atoms with van der Waals surface area (Å²) >= 11 is 14.6. The summed E-state index contributed by atoms with van der Waals surface area (Å²) in [5.41, 5.74) is 13.3. The first-order valence-corrected chi connectivity index (χ1v) is 13.2. The smallest absolute Gasteiger partial charge is 0.105 e. The van der Waals surface area contributed by atoms with Gasteiger partial charge in [0.05, 0.1) is 37.9 Å². The highest BCUT2D eigenvalue weighted by Gasteiger charge is 2.25. The van der Waals surface area contributed by atoms with Crippen LogP contribution in [0.2, 0.25) is 10.0 Å². The number of benzene rings is 2. The molecule has 5 rings (SSSR count). The Bertz CT molecular complexity index is 1530. The largest absolute Gasteiger partial charge is 0.372 e. The van der Waals surface area contributed by atoms with Crippen LogP contribution in [0.5, 0.6) is 0 Å². The quantitative estimate of drug-likeness (QED) is 0.203. The molecular weight excluding hydrogens is 527 g/mol. The number of fused-ring (bicyclic) bond motifs is 1. The Hall–Kier alpha value is -3.55. The third-order valence-electron chi connectivity index (χ3n) is 6.01. The molecule has 0 aliphatic carbocycles. The van der Waals surface area contributed by atoms with E-state index in [1.807, 2.05) is 54.7 Å². The predicted octanol–water partition coefficient (Wildman–Crippen LogP) is 6.65. The number of hydrogen-bond donors (Lipinski definition) is 4. The lowest BCUT2D eigenvalue weighted by molar-refractivity contribution is 0.221. The number of hydrogen-bond acceptors (Lipinski definition) is 9. The Kier molecular flexibility index (Phi) is 7.09. The predicted molar refractivity (Wildman–Crippen MR) is 151 cm³/mol. The second kappa shape index (κ2) is 10.4. The molecule has 1 aliphatic heterocycles. The van der Waals surface area contributed by atoms with E-state index < -0.39 is 0 Å². The van der Waals surface area contributed by atoms with Crippen molar-refractivity contribution in [2.24, 2.45) is 0 Å². The molecule has 4 aromatic rings. The van der Waals surface area contributed by atoms with Gasteiger partial charge in [0.2, 0.25) is 0 Å². The van der Waals surface area contributed by atoms with E-state index in [1.54, 1.807) is 16.8 Å². The second-order valence-corrected chi connectivity index (χ2v) is 10.6. The molecule has 2 aromatic carbocycles. The Morgan fingerprint density at radius 1 is 1.11 bits per heavy atom. The molecule has 0 amide bonds. The fraction of sp³-hybridized carbons (Fsp3) is 0.192. The zero-order valence-corrected chi connectivity index (χ0v) is 22.6. The molecule has 4 N–H and O–H groups in total. The molecule has 0 bridgehead atoms. The van der Waals surface area contributed by atoms with Gasteiger partial charge in [-0.25, -0.2) is 0 Å². The SMILES string of the molecule is Cc1ccc(Nc2c(C#N)cnc3c(Cl)cc(N[C@H](C4=CN(C(C)C)NN4)c4cncs4)cc23)cc1Cl. The van der Waals surface area contributed by atoms with Crippen LogP contribution in [0.1, 0.15) is 35.9 Å². The Balaban J connectivity index is 1.58. The number of nitrogens with one attached hydrogen (secondary N) is 4. The lowest BCUT2D eigenvalue weighted by atomic mass is 10.1.